The Kier molecular flexibility index (Phi) is 2.56. The first kappa shape index (κ1) is 9.98. The van der Waals surface area contributed by atoms with Crippen molar-refractivity contribution in [3.8, 4) is 0 Å². The molecule has 5 nitrogen and oxygen atoms in total. The van der Waals surface area contributed by atoms with Crippen LogP contribution in [-0.2, 0) is 4.79 Å². The van der Waals surface area contributed by atoms with E-state index in [2.05, 4.69) is 5.32 Å². The molecule has 1 atom stereocenters. The molecular formula is C8H14N2O3. The molecule has 1 heterocycles. The molecule has 0 aliphatic carbocycles. The Morgan fingerprint density at radius 2 is 2.23 bits per heavy atom. The Labute approximate surface area is 76.7 Å². The molecule has 13 heavy (non-hydrogen) atoms. The van der Waals surface area contributed by atoms with Crippen LogP contribution in [0.3, 0.4) is 0 Å². The van der Waals surface area contributed by atoms with E-state index >= 15 is 0 Å². The number of rotatable bonds is 3. The quantitative estimate of drug-likeness (QED) is 0.594. The molecule has 74 valence electrons. The van der Waals surface area contributed by atoms with Gasteiger partial charge in [0.15, 0.2) is 0 Å². The van der Waals surface area contributed by atoms with Crippen LogP contribution in [0.4, 0.5) is 4.79 Å². The first-order valence-corrected chi connectivity index (χ1v) is 4.27. The number of amides is 3. The van der Waals surface area contributed by atoms with Crippen LogP contribution < -0.4 is 5.32 Å². The van der Waals surface area contributed by atoms with Gasteiger partial charge in [-0.05, 0) is 13.3 Å². The van der Waals surface area contributed by atoms with Gasteiger partial charge in [0.25, 0.3) is 5.91 Å². The highest BCUT2D eigenvalue weighted by Gasteiger charge is 2.41. The molecule has 0 aromatic carbocycles. The van der Waals surface area contributed by atoms with Crippen molar-refractivity contribution in [1.82, 2.24) is 10.2 Å². The fourth-order valence-electron chi connectivity index (χ4n) is 1.31. The number of carbonyl (C=O) groups excluding carboxylic acids is 2. The van der Waals surface area contributed by atoms with Crippen LogP contribution in [-0.4, -0.2) is 40.6 Å². The van der Waals surface area contributed by atoms with E-state index < -0.39 is 11.6 Å². The minimum Gasteiger partial charge on any atom is -0.394 e. The molecule has 1 unspecified atom stereocenters. The third-order valence-electron chi connectivity index (χ3n) is 2.49. The number of aliphatic hydroxyl groups is 1. The van der Waals surface area contributed by atoms with Crippen molar-refractivity contribution in [3.05, 3.63) is 0 Å². The summed E-state index contributed by atoms with van der Waals surface area (Å²) in [4.78, 5) is 23.6. The molecule has 0 radical (unpaired) electrons. The fraction of sp³-hybridized carbons (Fsp3) is 0.750. The van der Waals surface area contributed by atoms with E-state index in [-0.39, 0.29) is 19.1 Å². The average molecular weight is 186 g/mol. The monoisotopic (exact) mass is 186 g/mol. The van der Waals surface area contributed by atoms with Gasteiger partial charge >= 0.3 is 6.03 Å². The van der Waals surface area contributed by atoms with Gasteiger partial charge in [0.1, 0.15) is 0 Å². The molecule has 0 aromatic rings. The molecule has 0 saturated carbocycles. The van der Waals surface area contributed by atoms with Gasteiger partial charge in [0.05, 0.1) is 18.7 Å². The number of carbonyl (C=O) groups is 2. The summed E-state index contributed by atoms with van der Waals surface area (Å²) < 4.78 is 0. The van der Waals surface area contributed by atoms with Crippen LogP contribution in [0, 0.1) is 0 Å². The first-order valence-electron chi connectivity index (χ1n) is 4.27. The summed E-state index contributed by atoms with van der Waals surface area (Å²) in [5.74, 6) is -0.275. The Hall–Kier alpha value is -1.10. The highest BCUT2D eigenvalue weighted by molar-refractivity contribution is 6.02. The highest BCUT2D eigenvalue weighted by Crippen LogP contribution is 2.21. The predicted octanol–water partition coefficient (Wildman–Crippen LogP) is -0.301. The predicted molar refractivity (Wildman–Crippen MR) is 46.0 cm³/mol. The molecule has 0 bridgehead atoms. The minimum atomic E-state index is -0.766. The Morgan fingerprint density at radius 3 is 2.54 bits per heavy atom. The number of nitrogens with zero attached hydrogens (tertiary/aromatic N) is 1. The van der Waals surface area contributed by atoms with Crippen molar-refractivity contribution < 1.29 is 14.7 Å². The second kappa shape index (κ2) is 3.33. The van der Waals surface area contributed by atoms with Gasteiger partial charge in [-0.25, -0.2) is 4.79 Å². The van der Waals surface area contributed by atoms with Crippen molar-refractivity contribution in [2.24, 2.45) is 0 Å². The number of urea groups is 1. The van der Waals surface area contributed by atoms with E-state index in [9.17, 15) is 9.59 Å². The van der Waals surface area contributed by atoms with E-state index in [0.29, 0.717) is 6.42 Å². The number of aliphatic hydroxyl groups excluding tert-OH is 1. The van der Waals surface area contributed by atoms with Gasteiger partial charge in [-0.15, -0.1) is 0 Å². The summed E-state index contributed by atoms with van der Waals surface area (Å²) in [5, 5.41) is 11.5. The topological polar surface area (TPSA) is 69.6 Å². The standard InChI is InChI=1S/C8H14N2O3/c1-3-8(2,5-11)10-6(12)4-9-7(10)13/h11H,3-5H2,1-2H3,(H,9,13). The van der Waals surface area contributed by atoms with Gasteiger partial charge in [0, 0.05) is 0 Å². The first-order chi connectivity index (χ1) is 6.05. The number of hydrogen-bond donors (Lipinski definition) is 2. The number of imide groups is 1. The molecule has 5 heteroatoms. The highest BCUT2D eigenvalue weighted by atomic mass is 16.3. The van der Waals surface area contributed by atoms with Gasteiger partial charge in [-0.1, -0.05) is 6.92 Å². The molecule has 3 amide bonds. The van der Waals surface area contributed by atoms with E-state index in [1.165, 1.54) is 0 Å². The Bertz CT molecular complexity index is 220. The number of hydrogen-bond acceptors (Lipinski definition) is 3. The van der Waals surface area contributed by atoms with Crippen molar-refractivity contribution >= 4 is 11.9 Å². The summed E-state index contributed by atoms with van der Waals surface area (Å²) in [7, 11) is 0. The van der Waals surface area contributed by atoms with E-state index in [1.54, 1.807) is 6.92 Å². The van der Waals surface area contributed by atoms with E-state index in [0.717, 1.165) is 4.90 Å². The maximum atomic E-state index is 11.3. The normalized spacial score (nSPS) is 21.6. The largest absolute Gasteiger partial charge is 0.394 e. The van der Waals surface area contributed by atoms with Crippen molar-refractivity contribution in [1.29, 1.82) is 0 Å². The second-order valence-corrected chi connectivity index (χ2v) is 3.40. The maximum Gasteiger partial charge on any atom is 0.325 e. The third-order valence-corrected chi connectivity index (χ3v) is 2.49. The smallest absolute Gasteiger partial charge is 0.325 e. The molecule has 1 aliphatic heterocycles. The molecular weight excluding hydrogens is 172 g/mol. The van der Waals surface area contributed by atoms with Crippen LogP contribution in [0.1, 0.15) is 20.3 Å². The summed E-state index contributed by atoms with van der Waals surface area (Å²) in [6, 6.07) is -0.414. The van der Waals surface area contributed by atoms with E-state index in [1.807, 2.05) is 6.92 Å². The zero-order valence-corrected chi connectivity index (χ0v) is 7.83. The Morgan fingerprint density at radius 1 is 1.62 bits per heavy atom. The van der Waals surface area contributed by atoms with Crippen LogP contribution in [0.5, 0.6) is 0 Å². The summed E-state index contributed by atoms with van der Waals surface area (Å²) in [5.41, 5.74) is -0.766. The lowest BCUT2D eigenvalue weighted by molar-refractivity contribution is -0.130. The molecule has 2 N–H and O–H groups in total. The van der Waals surface area contributed by atoms with Crippen LogP contribution in [0.2, 0.25) is 0 Å². The van der Waals surface area contributed by atoms with Crippen LogP contribution in [0.15, 0.2) is 0 Å². The van der Waals surface area contributed by atoms with Crippen LogP contribution >= 0.6 is 0 Å². The summed E-state index contributed by atoms with van der Waals surface area (Å²) in [6.45, 7) is 3.35. The molecule has 1 fully saturated rings. The summed E-state index contributed by atoms with van der Waals surface area (Å²) in [6.07, 6.45) is 0.544. The molecule has 0 aromatic heterocycles. The van der Waals surface area contributed by atoms with Gasteiger partial charge in [-0.3, -0.25) is 9.69 Å². The number of nitrogens with one attached hydrogen (secondary N) is 1. The fourth-order valence-corrected chi connectivity index (χ4v) is 1.31. The van der Waals surface area contributed by atoms with Crippen LogP contribution in [0.25, 0.3) is 0 Å². The summed E-state index contributed by atoms with van der Waals surface area (Å²) >= 11 is 0. The minimum absolute atomic E-state index is 0.0361. The lowest BCUT2D eigenvalue weighted by Crippen LogP contribution is -2.52. The molecule has 1 saturated heterocycles. The second-order valence-electron chi connectivity index (χ2n) is 3.40. The van der Waals surface area contributed by atoms with Gasteiger partial charge < -0.3 is 10.4 Å². The average Bonchev–Trinajstić information content (AvgIpc) is 2.46. The maximum absolute atomic E-state index is 11.3. The van der Waals surface area contributed by atoms with Crippen molar-refractivity contribution in [3.63, 3.8) is 0 Å². The van der Waals surface area contributed by atoms with Crippen molar-refractivity contribution in [2.75, 3.05) is 13.2 Å². The SMILES string of the molecule is CCC(C)(CO)N1C(=O)CNC1=O. The molecule has 1 rings (SSSR count). The zero-order chi connectivity index (χ0) is 10.1. The van der Waals surface area contributed by atoms with E-state index in [4.69, 9.17) is 5.11 Å². The Balaban J connectivity index is 2.90. The van der Waals surface area contributed by atoms with Gasteiger partial charge in [0.2, 0.25) is 0 Å². The third kappa shape index (κ3) is 1.51. The molecule has 1 aliphatic rings. The zero-order valence-electron chi connectivity index (χ0n) is 7.83. The molecule has 0 spiro atoms. The van der Waals surface area contributed by atoms with Gasteiger partial charge in [-0.2, -0.15) is 0 Å². The lowest BCUT2D eigenvalue weighted by atomic mass is 9.98. The van der Waals surface area contributed by atoms with Crippen molar-refractivity contribution in [2.45, 2.75) is 25.8 Å². The lowest BCUT2D eigenvalue weighted by Gasteiger charge is -2.33.